The van der Waals surface area contributed by atoms with Crippen LogP contribution in [0.2, 0.25) is 0 Å². The zero-order valence-electron chi connectivity index (χ0n) is 23.5. The molecule has 8 nitrogen and oxygen atoms in total. The first kappa shape index (κ1) is 30.6. The molecule has 0 amide bonds. The summed E-state index contributed by atoms with van der Waals surface area (Å²) in [6.45, 7) is 12.9. The molecule has 0 aromatic rings. The van der Waals surface area contributed by atoms with Crippen LogP contribution in [0.15, 0.2) is 12.2 Å². The Labute approximate surface area is 216 Å². The molecule has 206 valence electrons. The van der Waals surface area contributed by atoms with Gasteiger partial charge in [-0.3, -0.25) is 14.4 Å². The molecule has 36 heavy (non-hydrogen) atoms. The number of carbonyl (C=O) groups excluding carboxylic acids is 3. The first-order chi connectivity index (χ1) is 16.8. The van der Waals surface area contributed by atoms with E-state index in [9.17, 15) is 19.5 Å². The van der Waals surface area contributed by atoms with E-state index < -0.39 is 42.4 Å². The molecule has 1 fully saturated rings. The van der Waals surface area contributed by atoms with Crippen molar-refractivity contribution >= 4 is 17.5 Å². The van der Waals surface area contributed by atoms with Crippen LogP contribution in [0.3, 0.4) is 0 Å². The Kier molecular flexibility index (Phi) is 11.3. The van der Waals surface area contributed by atoms with Gasteiger partial charge < -0.3 is 24.2 Å². The summed E-state index contributed by atoms with van der Waals surface area (Å²) in [4.78, 5) is 40.4. The van der Waals surface area contributed by atoms with E-state index in [1.54, 1.807) is 26.0 Å². The SMILES string of the molecule is CC[C@H]1OC(=O)[C@H](C)C(=O)[C@H](C)[C@@H](O[C@@H]2O[C@H](C)C[C@H]([NH+](C)C)[C@H]2O)[C@@H](C)C[C@@H](C)C(=O)/C=C/[C@H]1C. The minimum Gasteiger partial charge on any atom is -0.461 e. The predicted molar refractivity (Wildman–Crippen MR) is 136 cm³/mol. The lowest BCUT2D eigenvalue weighted by Gasteiger charge is -2.42. The van der Waals surface area contributed by atoms with Gasteiger partial charge >= 0.3 is 5.97 Å². The van der Waals surface area contributed by atoms with Crippen LogP contribution >= 0.6 is 0 Å². The summed E-state index contributed by atoms with van der Waals surface area (Å²) in [6.07, 6.45) is 2.16. The number of hydrogen-bond donors (Lipinski definition) is 2. The van der Waals surface area contributed by atoms with E-state index in [-0.39, 0.29) is 41.5 Å². The molecular weight excluding hydrogens is 462 g/mol. The number of rotatable bonds is 4. The highest BCUT2D eigenvalue weighted by molar-refractivity contribution is 6.00. The van der Waals surface area contributed by atoms with Crippen LogP contribution in [0, 0.1) is 29.6 Å². The van der Waals surface area contributed by atoms with Gasteiger partial charge in [-0.1, -0.05) is 40.7 Å². The third-order valence-corrected chi connectivity index (χ3v) is 7.99. The molecule has 8 heteroatoms. The average molecular weight is 511 g/mol. The van der Waals surface area contributed by atoms with Crippen molar-refractivity contribution in [1.29, 1.82) is 0 Å². The number of cyclic esters (lactones) is 1. The number of aliphatic hydroxyl groups excluding tert-OH is 1. The quantitative estimate of drug-likeness (QED) is 0.440. The van der Waals surface area contributed by atoms with E-state index in [4.69, 9.17) is 14.2 Å². The largest absolute Gasteiger partial charge is 0.461 e. The normalized spacial score (nSPS) is 42.6. The Morgan fingerprint density at radius 3 is 2.28 bits per heavy atom. The number of esters is 1. The summed E-state index contributed by atoms with van der Waals surface area (Å²) in [6, 6.07) is -0.0777. The van der Waals surface area contributed by atoms with Crippen molar-refractivity contribution in [2.24, 2.45) is 29.6 Å². The van der Waals surface area contributed by atoms with E-state index in [1.165, 1.54) is 0 Å². The minimum atomic E-state index is -0.958. The topological polar surface area (TPSA) is 104 Å². The van der Waals surface area contributed by atoms with E-state index in [2.05, 4.69) is 0 Å². The molecule has 0 aliphatic carbocycles. The number of hydrogen-bond acceptors (Lipinski definition) is 7. The fourth-order valence-electron chi connectivity index (χ4n) is 5.47. The zero-order chi connectivity index (χ0) is 27.3. The van der Waals surface area contributed by atoms with Crippen molar-refractivity contribution in [2.75, 3.05) is 14.1 Å². The Morgan fingerprint density at radius 2 is 1.69 bits per heavy atom. The number of Topliss-reactive ketones (excluding diaryl/α,β-unsaturated/α-hetero) is 1. The maximum Gasteiger partial charge on any atom is 0.316 e. The van der Waals surface area contributed by atoms with Gasteiger partial charge in [0.1, 0.15) is 18.1 Å². The number of ether oxygens (including phenoxy) is 3. The van der Waals surface area contributed by atoms with E-state index in [0.717, 1.165) is 4.90 Å². The highest BCUT2D eigenvalue weighted by Gasteiger charge is 2.45. The van der Waals surface area contributed by atoms with E-state index in [1.807, 2.05) is 48.7 Å². The van der Waals surface area contributed by atoms with Crippen LogP contribution in [0.4, 0.5) is 0 Å². The zero-order valence-corrected chi connectivity index (χ0v) is 23.5. The summed E-state index contributed by atoms with van der Waals surface area (Å²) in [5.74, 6) is -3.13. The van der Waals surface area contributed by atoms with Crippen molar-refractivity contribution in [3.05, 3.63) is 12.2 Å². The highest BCUT2D eigenvalue weighted by Crippen LogP contribution is 2.31. The van der Waals surface area contributed by atoms with Gasteiger partial charge in [0.2, 0.25) is 0 Å². The monoisotopic (exact) mass is 510 g/mol. The first-order valence-electron chi connectivity index (χ1n) is 13.5. The number of carbonyl (C=O) groups is 3. The standard InChI is InChI=1S/C28H47NO7/c1-10-23-15(2)11-12-22(30)16(3)13-17(4)26(19(6)24(31)20(7)27(33)35-23)36-28-25(32)21(29(8)9)14-18(5)34-28/h11-12,15-21,23,25-26,28,32H,10,13-14H2,1-9H3/p+1/b12-11+/t15-,16-,17+,18-,19+,20-,21+,23-,25-,26+,28+/m1/s1. The number of likely N-dealkylation sites (N-methyl/N-ethyl adjacent to an activating group) is 1. The lowest BCUT2D eigenvalue weighted by atomic mass is 9.80. The summed E-state index contributed by atoms with van der Waals surface area (Å²) >= 11 is 0. The second-order valence-electron chi connectivity index (χ2n) is 11.4. The molecule has 2 aliphatic heterocycles. The number of quaternary nitrogens is 1. The molecule has 0 radical (unpaired) electrons. The van der Waals surface area contributed by atoms with Crippen LogP contribution < -0.4 is 4.90 Å². The molecule has 2 heterocycles. The number of ketones is 2. The minimum absolute atomic E-state index is 0.0168. The molecule has 2 N–H and O–H groups in total. The van der Waals surface area contributed by atoms with Crippen LogP contribution in [0.5, 0.6) is 0 Å². The van der Waals surface area contributed by atoms with Gasteiger partial charge in [0, 0.05) is 24.2 Å². The smallest absolute Gasteiger partial charge is 0.316 e. The Hall–Kier alpha value is -1.61. The van der Waals surface area contributed by atoms with Crippen molar-refractivity contribution < 1.29 is 38.6 Å². The molecule has 11 atom stereocenters. The fraction of sp³-hybridized carbons (Fsp3) is 0.821. The van der Waals surface area contributed by atoms with E-state index >= 15 is 0 Å². The van der Waals surface area contributed by atoms with Gasteiger partial charge in [-0.05, 0) is 38.7 Å². The Morgan fingerprint density at radius 1 is 1.06 bits per heavy atom. The van der Waals surface area contributed by atoms with Gasteiger partial charge in [-0.15, -0.1) is 0 Å². The second-order valence-corrected chi connectivity index (χ2v) is 11.4. The molecule has 0 saturated carbocycles. The lowest BCUT2D eigenvalue weighted by Crippen LogP contribution is -3.12. The Balaban J connectivity index is 2.40. The van der Waals surface area contributed by atoms with Crippen LogP contribution in [0.25, 0.3) is 0 Å². The number of nitrogens with one attached hydrogen (secondary N) is 1. The molecule has 2 aliphatic rings. The van der Waals surface area contributed by atoms with Crippen LogP contribution in [-0.2, 0) is 28.6 Å². The van der Waals surface area contributed by atoms with Gasteiger partial charge in [0.15, 0.2) is 24.0 Å². The second kappa shape index (κ2) is 13.3. The highest BCUT2D eigenvalue weighted by atomic mass is 16.7. The number of allylic oxidation sites excluding steroid dienone is 1. The lowest BCUT2D eigenvalue weighted by molar-refractivity contribution is -0.893. The summed E-state index contributed by atoms with van der Waals surface area (Å²) in [5, 5.41) is 11.0. The molecular formula is C28H48NO7+. The van der Waals surface area contributed by atoms with Crippen molar-refractivity contribution in [3.63, 3.8) is 0 Å². The molecule has 0 bridgehead atoms. The van der Waals surface area contributed by atoms with E-state index in [0.29, 0.717) is 19.3 Å². The summed E-state index contributed by atoms with van der Waals surface area (Å²) in [5.41, 5.74) is 0. The van der Waals surface area contributed by atoms with Crippen molar-refractivity contribution in [2.45, 2.75) is 104 Å². The van der Waals surface area contributed by atoms with Gasteiger partial charge in [-0.2, -0.15) is 0 Å². The van der Waals surface area contributed by atoms with Crippen LogP contribution in [0.1, 0.15) is 67.7 Å². The van der Waals surface area contributed by atoms with Gasteiger partial charge in [-0.25, -0.2) is 0 Å². The maximum absolute atomic E-state index is 13.5. The molecule has 1 saturated heterocycles. The van der Waals surface area contributed by atoms with Gasteiger partial charge in [0.25, 0.3) is 0 Å². The average Bonchev–Trinajstić information content (AvgIpc) is 2.83. The Bertz CT molecular complexity index is 797. The first-order valence-corrected chi connectivity index (χ1v) is 13.5. The van der Waals surface area contributed by atoms with Crippen molar-refractivity contribution in [1.82, 2.24) is 0 Å². The van der Waals surface area contributed by atoms with Crippen molar-refractivity contribution in [3.8, 4) is 0 Å². The fourth-order valence-corrected chi connectivity index (χ4v) is 5.47. The molecule has 2 rings (SSSR count). The third-order valence-electron chi connectivity index (χ3n) is 7.99. The number of aliphatic hydroxyl groups is 1. The molecule has 0 aromatic heterocycles. The van der Waals surface area contributed by atoms with Crippen LogP contribution in [-0.4, -0.2) is 73.5 Å². The summed E-state index contributed by atoms with van der Waals surface area (Å²) in [7, 11) is 3.97. The molecule has 0 unspecified atom stereocenters. The third kappa shape index (κ3) is 7.46. The predicted octanol–water partition coefficient (Wildman–Crippen LogP) is 1.98. The summed E-state index contributed by atoms with van der Waals surface area (Å²) < 4.78 is 18.1. The molecule has 0 aromatic carbocycles. The molecule has 0 spiro atoms. The maximum atomic E-state index is 13.5. The van der Waals surface area contributed by atoms with Gasteiger partial charge in [0.05, 0.1) is 26.3 Å².